The molecule has 0 fully saturated rings. The van der Waals surface area contributed by atoms with Gasteiger partial charge in [0.2, 0.25) is 5.76 Å². The molecule has 0 radical (unpaired) electrons. The number of carbonyl (C=O) groups is 1. The van der Waals surface area contributed by atoms with Crippen LogP contribution in [0.5, 0.6) is 11.5 Å². The minimum Gasteiger partial charge on any atom is -0.490 e. The first-order valence-electron chi connectivity index (χ1n) is 12.5. The molecule has 0 bridgehead atoms. The molecule has 4 aromatic rings. The van der Waals surface area contributed by atoms with Crippen LogP contribution in [0.4, 0.5) is 5.69 Å². The molecule has 36 heavy (non-hydrogen) atoms. The number of unbranched alkanes of at least 4 members (excludes halogenated alkanes) is 2. The predicted octanol–water partition coefficient (Wildman–Crippen LogP) is 6.51. The quantitative estimate of drug-likeness (QED) is 0.254. The number of benzene rings is 3. The first-order chi connectivity index (χ1) is 17.6. The average molecular weight is 484 g/mol. The van der Waals surface area contributed by atoms with E-state index in [0.29, 0.717) is 46.9 Å². The summed E-state index contributed by atoms with van der Waals surface area (Å²) in [6.07, 6.45) is 3.17. The van der Waals surface area contributed by atoms with Gasteiger partial charge in [0.15, 0.2) is 16.9 Å². The molecule has 184 valence electrons. The van der Waals surface area contributed by atoms with Crippen molar-refractivity contribution < 1.29 is 18.7 Å². The Morgan fingerprint density at radius 1 is 0.861 bits per heavy atom. The fourth-order valence-corrected chi connectivity index (χ4v) is 4.71. The van der Waals surface area contributed by atoms with Crippen LogP contribution in [-0.4, -0.2) is 19.1 Å². The van der Waals surface area contributed by atoms with Gasteiger partial charge in [-0.2, -0.15) is 0 Å². The third-order valence-corrected chi connectivity index (χ3v) is 6.40. The predicted molar refractivity (Wildman–Crippen MR) is 140 cm³/mol. The Bertz CT molecular complexity index is 1440. The molecule has 1 atom stereocenters. The normalized spacial score (nSPS) is 14.8. The van der Waals surface area contributed by atoms with Crippen LogP contribution < -0.4 is 19.8 Å². The van der Waals surface area contributed by atoms with Crippen molar-refractivity contribution in [1.29, 1.82) is 0 Å². The smallest absolute Gasteiger partial charge is 0.295 e. The molecular weight excluding hydrogens is 454 g/mol. The second-order valence-electron chi connectivity index (χ2n) is 8.78. The third kappa shape index (κ3) is 4.24. The van der Waals surface area contributed by atoms with Gasteiger partial charge in [0.25, 0.3) is 5.91 Å². The van der Waals surface area contributed by atoms with Gasteiger partial charge < -0.3 is 13.9 Å². The lowest BCUT2D eigenvalue weighted by Gasteiger charge is -2.26. The zero-order valence-corrected chi connectivity index (χ0v) is 20.5. The van der Waals surface area contributed by atoms with Crippen LogP contribution in [0.2, 0.25) is 0 Å². The van der Waals surface area contributed by atoms with Gasteiger partial charge in [-0.25, -0.2) is 0 Å². The second-order valence-corrected chi connectivity index (χ2v) is 8.78. The van der Waals surface area contributed by atoms with Crippen LogP contribution in [0.25, 0.3) is 11.0 Å². The van der Waals surface area contributed by atoms with Crippen LogP contribution in [0, 0.1) is 0 Å². The minimum atomic E-state index is -0.663. The molecule has 6 heteroatoms. The van der Waals surface area contributed by atoms with E-state index in [2.05, 4.69) is 6.92 Å². The summed E-state index contributed by atoms with van der Waals surface area (Å²) < 4.78 is 18.0. The molecule has 6 nitrogen and oxygen atoms in total. The lowest BCUT2D eigenvalue weighted by molar-refractivity contribution is 0.0971. The lowest BCUT2D eigenvalue weighted by atomic mass is 9.97. The zero-order valence-electron chi connectivity index (χ0n) is 20.5. The Morgan fingerprint density at radius 2 is 1.64 bits per heavy atom. The van der Waals surface area contributed by atoms with E-state index in [1.165, 1.54) is 0 Å². The first kappa shape index (κ1) is 23.7. The molecule has 0 N–H and O–H groups in total. The molecule has 0 saturated heterocycles. The highest BCUT2D eigenvalue weighted by Gasteiger charge is 2.43. The number of hydrogen-bond donors (Lipinski definition) is 0. The van der Waals surface area contributed by atoms with Gasteiger partial charge in [-0.1, -0.05) is 56.2 Å². The maximum absolute atomic E-state index is 13.7. The summed E-state index contributed by atoms with van der Waals surface area (Å²) in [5.74, 6) is 0.968. The standard InChI is InChI=1S/C30H29NO5/c1-3-5-11-18-35-24-17-16-20(19-25(24)34-4-2)27-26-28(32)22-14-9-10-15-23(22)36-29(26)30(33)31(27)21-12-7-6-8-13-21/h6-10,12-17,19,27H,3-5,11,18H2,1-2H3. The number of fused-ring (bicyclic) bond motifs is 2. The molecule has 1 aliphatic heterocycles. The van der Waals surface area contributed by atoms with Gasteiger partial charge in [0, 0.05) is 5.69 Å². The van der Waals surface area contributed by atoms with Crippen LogP contribution in [0.15, 0.2) is 82.0 Å². The Hall–Kier alpha value is -4.06. The van der Waals surface area contributed by atoms with E-state index in [-0.39, 0.29) is 17.1 Å². The fraction of sp³-hybridized carbons (Fsp3) is 0.267. The summed E-state index contributed by atoms with van der Waals surface area (Å²) in [5.41, 5.74) is 1.95. The maximum atomic E-state index is 13.7. The number of nitrogens with zero attached hydrogens (tertiary/aromatic N) is 1. The number of anilines is 1. The van der Waals surface area contributed by atoms with Crippen LogP contribution in [-0.2, 0) is 0 Å². The Labute approximate surface area is 210 Å². The minimum absolute atomic E-state index is 0.0744. The van der Waals surface area contributed by atoms with Crippen molar-refractivity contribution in [3.05, 3.63) is 99.9 Å². The maximum Gasteiger partial charge on any atom is 0.295 e. The summed E-state index contributed by atoms with van der Waals surface area (Å²) >= 11 is 0. The highest BCUT2D eigenvalue weighted by molar-refractivity contribution is 6.10. The molecule has 0 spiro atoms. The molecule has 1 amide bonds. The van der Waals surface area contributed by atoms with Gasteiger partial charge in [0.1, 0.15) is 5.58 Å². The molecule has 1 unspecified atom stereocenters. The summed E-state index contributed by atoms with van der Waals surface area (Å²) in [5, 5.41) is 0.449. The number of hydrogen-bond acceptors (Lipinski definition) is 5. The lowest BCUT2D eigenvalue weighted by Crippen LogP contribution is -2.29. The Balaban J connectivity index is 1.66. The van der Waals surface area contributed by atoms with Crippen molar-refractivity contribution in [2.75, 3.05) is 18.1 Å². The summed E-state index contributed by atoms with van der Waals surface area (Å²) in [6, 6.07) is 21.3. The number of rotatable bonds is 9. The number of para-hydroxylation sites is 2. The van der Waals surface area contributed by atoms with E-state index in [1.54, 1.807) is 29.2 Å². The molecule has 1 aliphatic rings. The van der Waals surface area contributed by atoms with Gasteiger partial charge >= 0.3 is 0 Å². The molecule has 5 rings (SSSR count). The van der Waals surface area contributed by atoms with E-state index in [0.717, 1.165) is 24.8 Å². The topological polar surface area (TPSA) is 69.0 Å². The number of ether oxygens (including phenoxy) is 2. The van der Waals surface area contributed by atoms with Crippen molar-refractivity contribution in [2.45, 2.75) is 39.2 Å². The van der Waals surface area contributed by atoms with E-state index < -0.39 is 6.04 Å². The number of amides is 1. The molecule has 0 saturated carbocycles. The Morgan fingerprint density at radius 3 is 2.42 bits per heavy atom. The Kier molecular flexibility index (Phi) is 6.76. The first-order valence-corrected chi connectivity index (χ1v) is 12.5. The van der Waals surface area contributed by atoms with Crippen molar-refractivity contribution in [3.63, 3.8) is 0 Å². The highest BCUT2D eigenvalue weighted by atomic mass is 16.5. The molecule has 3 aromatic carbocycles. The summed E-state index contributed by atoms with van der Waals surface area (Å²) in [6.45, 7) is 5.13. The monoisotopic (exact) mass is 483 g/mol. The average Bonchev–Trinajstić information content (AvgIpc) is 3.20. The van der Waals surface area contributed by atoms with E-state index in [1.807, 2.05) is 55.5 Å². The van der Waals surface area contributed by atoms with Gasteiger partial charge in [-0.05, 0) is 55.3 Å². The third-order valence-electron chi connectivity index (χ3n) is 6.40. The number of carbonyl (C=O) groups excluding carboxylic acids is 1. The van der Waals surface area contributed by atoms with Gasteiger partial charge in [-0.3, -0.25) is 14.5 Å². The summed E-state index contributed by atoms with van der Waals surface area (Å²) in [4.78, 5) is 29.0. The molecule has 1 aromatic heterocycles. The van der Waals surface area contributed by atoms with Crippen LogP contribution in [0.3, 0.4) is 0 Å². The highest BCUT2D eigenvalue weighted by Crippen LogP contribution is 2.43. The van der Waals surface area contributed by atoms with E-state index in [9.17, 15) is 9.59 Å². The van der Waals surface area contributed by atoms with Crippen molar-refractivity contribution >= 4 is 22.6 Å². The van der Waals surface area contributed by atoms with Crippen molar-refractivity contribution in [2.24, 2.45) is 0 Å². The molecular formula is C30H29NO5. The van der Waals surface area contributed by atoms with E-state index in [4.69, 9.17) is 13.9 Å². The van der Waals surface area contributed by atoms with Crippen LogP contribution >= 0.6 is 0 Å². The van der Waals surface area contributed by atoms with E-state index >= 15 is 0 Å². The van der Waals surface area contributed by atoms with Gasteiger partial charge in [0.05, 0.1) is 30.2 Å². The zero-order chi connectivity index (χ0) is 25.1. The second kappa shape index (κ2) is 10.3. The van der Waals surface area contributed by atoms with Crippen molar-refractivity contribution in [3.8, 4) is 11.5 Å². The van der Waals surface area contributed by atoms with Gasteiger partial charge in [-0.15, -0.1) is 0 Å². The SMILES string of the molecule is CCCCCOc1ccc(C2c3c(oc4ccccc4c3=O)C(=O)N2c2ccccc2)cc1OCC. The molecule has 0 aliphatic carbocycles. The summed E-state index contributed by atoms with van der Waals surface area (Å²) in [7, 11) is 0. The fourth-order valence-electron chi connectivity index (χ4n) is 4.71. The van der Waals surface area contributed by atoms with Crippen molar-refractivity contribution in [1.82, 2.24) is 0 Å². The largest absolute Gasteiger partial charge is 0.490 e. The molecule has 2 heterocycles. The van der Waals surface area contributed by atoms with Crippen LogP contribution in [0.1, 0.15) is 60.8 Å².